The van der Waals surface area contributed by atoms with E-state index in [-0.39, 0.29) is 0 Å². The zero-order valence-electron chi connectivity index (χ0n) is 10.4. The molecule has 2 nitrogen and oxygen atoms in total. The second-order valence-corrected chi connectivity index (χ2v) is 5.46. The number of hydrogen-bond acceptors (Lipinski definition) is 2. The molecular formula is C14H21ClN2. The molecule has 0 bridgehead atoms. The molecule has 2 rings (SSSR count). The van der Waals surface area contributed by atoms with Crippen LogP contribution in [0.3, 0.4) is 0 Å². The average molecular weight is 253 g/mol. The summed E-state index contributed by atoms with van der Waals surface area (Å²) in [7, 11) is 0. The molecular weight excluding hydrogens is 232 g/mol. The number of hydrogen-bond donors (Lipinski definition) is 1. The minimum Gasteiger partial charge on any atom is -0.330 e. The Kier molecular flexibility index (Phi) is 4.43. The Morgan fingerprint density at radius 1 is 1.35 bits per heavy atom. The topological polar surface area (TPSA) is 29.3 Å². The van der Waals surface area contributed by atoms with E-state index < -0.39 is 0 Å². The van der Waals surface area contributed by atoms with Crippen LogP contribution in [0.4, 0.5) is 0 Å². The Labute approximate surface area is 109 Å². The SMILES string of the molecule is CC1CCC(CN)CN1Cc1ccccc1Cl. The van der Waals surface area contributed by atoms with Gasteiger partial charge >= 0.3 is 0 Å². The molecule has 1 aromatic carbocycles. The van der Waals surface area contributed by atoms with Crippen molar-refractivity contribution in [2.75, 3.05) is 13.1 Å². The van der Waals surface area contributed by atoms with Gasteiger partial charge in [-0.15, -0.1) is 0 Å². The van der Waals surface area contributed by atoms with Crippen molar-refractivity contribution in [1.29, 1.82) is 0 Å². The lowest BCUT2D eigenvalue weighted by molar-refractivity contribution is 0.113. The van der Waals surface area contributed by atoms with E-state index in [1.54, 1.807) is 0 Å². The van der Waals surface area contributed by atoms with Crippen molar-refractivity contribution >= 4 is 11.6 Å². The molecule has 0 aliphatic carbocycles. The second kappa shape index (κ2) is 5.85. The van der Waals surface area contributed by atoms with Gasteiger partial charge in [-0.25, -0.2) is 0 Å². The molecule has 94 valence electrons. The van der Waals surface area contributed by atoms with E-state index in [9.17, 15) is 0 Å². The molecule has 1 fully saturated rings. The van der Waals surface area contributed by atoms with E-state index in [1.165, 1.54) is 18.4 Å². The summed E-state index contributed by atoms with van der Waals surface area (Å²) in [5, 5.41) is 0.870. The second-order valence-electron chi connectivity index (χ2n) is 5.05. The fraction of sp³-hybridized carbons (Fsp3) is 0.571. The molecule has 1 aliphatic heterocycles. The van der Waals surface area contributed by atoms with Gasteiger partial charge in [0, 0.05) is 24.2 Å². The highest BCUT2D eigenvalue weighted by Gasteiger charge is 2.24. The molecule has 0 spiro atoms. The summed E-state index contributed by atoms with van der Waals surface area (Å²) in [6.07, 6.45) is 2.50. The summed E-state index contributed by atoms with van der Waals surface area (Å²) >= 11 is 6.21. The van der Waals surface area contributed by atoms with Gasteiger partial charge in [0.15, 0.2) is 0 Å². The molecule has 0 aromatic heterocycles. The number of halogens is 1. The minimum absolute atomic E-state index is 0.633. The van der Waals surface area contributed by atoms with Gasteiger partial charge in [-0.3, -0.25) is 4.90 Å². The van der Waals surface area contributed by atoms with E-state index >= 15 is 0 Å². The Balaban J connectivity index is 2.04. The van der Waals surface area contributed by atoms with Crippen molar-refractivity contribution in [2.24, 2.45) is 11.7 Å². The summed E-state index contributed by atoms with van der Waals surface area (Å²) in [4.78, 5) is 2.50. The van der Waals surface area contributed by atoms with Gasteiger partial charge in [0.05, 0.1) is 0 Å². The molecule has 2 unspecified atom stereocenters. The zero-order chi connectivity index (χ0) is 12.3. The largest absolute Gasteiger partial charge is 0.330 e. The maximum atomic E-state index is 6.21. The van der Waals surface area contributed by atoms with Crippen molar-refractivity contribution in [3.05, 3.63) is 34.9 Å². The number of rotatable bonds is 3. The van der Waals surface area contributed by atoms with Crippen LogP contribution >= 0.6 is 11.6 Å². The number of piperidine rings is 1. The van der Waals surface area contributed by atoms with Crippen molar-refractivity contribution in [2.45, 2.75) is 32.4 Å². The van der Waals surface area contributed by atoms with Crippen LogP contribution < -0.4 is 5.73 Å². The lowest BCUT2D eigenvalue weighted by Gasteiger charge is -2.37. The van der Waals surface area contributed by atoms with Crippen molar-refractivity contribution in [3.63, 3.8) is 0 Å². The van der Waals surface area contributed by atoms with Gasteiger partial charge < -0.3 is 5.73 Å². The van der Waals surface area contributed by atoms with E-state index in [0.717, 1.165) is 24.7 Å². The molecule has 1 aliphatic rings. The van der Waals surface area contributed by atoms with E-state index in [2.05, 4.69) is 24.0 Å². The number of benzene rings is 1. The monoisotopic (exact) mass is 252 g/mol. The molecule has 17 heavy (non-hydrogen) atoms. The fourth-order valence-electron chi connectivity index (χ4n) is 2.52. The predicted octanol–water partition coefficient (Wildman–Crippen LogP) is 2.90. The van der Waals surface area contributed by atoms with E-state index in [0.29, 0.717) is 12.0 Å². The molecule has 3 heteroatoms. The first kappa shape index (κ1) is 12.9. The van der Waals surface area contributed by atoms with Crippen LogP contribution in [0.5, 0.6) is 0 Å². The Morgan fingerprint density at radius 2 is 2.12 bits per heavy atom. The number of likely N-dealkylation sites (tertiary alicyclic amines) is 1. The number of nitrogens with zero attached hydrogens (tertiary/aromatic N) is 1. The van der Waals surface area contributed by atoms with Gasteiger partial charge in [0.1, 0.15) is 0 Å². The predicted molar refractivity (Wildman–Crippen MR) is 73.1 cm³/mol. The van der Waals surface area contributed by atoms with Gasteiger partial charge in [-0.1, -0.05) is 29.8 Å². The quantitative estimate of drug-likeness (QED) is 0.896. The molecule has 1 aromatic rings. The smallest absolute Gasteiger partial charge is 0.0451 e. The van der Waals surface area contributed by atoms with Gasteiger partial charge in [0.2, 0.25) is 0 Å². The van der Waals surface area contributed by atoms with Crippen LogP contribution in [0.2, 0.25) is 5.02 Å². The van der Waals surface area contributed by atoms with Crippen LogP contribution in [-0.2, 0) is 6.54 Å². The third-order valence-electron chi connectivity index (χ3n) is 3.77. The summed E-state index contributed by atoms with van der Waals surface area (Å²) in [6, 6.07) is 8.74. The maximum Gasteiger partial charge on any atom is 0.0451 e. The van der Waals surface area contributed by atoms with Crippen molar-refractivity contribution < 1.29 is 0 Å². The van der Waals surface area contributed by atoms with Crippen molar-refractivity contribution in [3.8, 4) is 0 Å². The maximum absolute atomic E-state index is 6.21. The Bertz CT molecular complexity index is 367. The third-order valence-corrected chi connectivity index (χ3v) is 4.14. The lowest BCUT2D eigenvalue weighted by Crippen LogP contribution is -2.43. The lowest BCUT2D eigenvalue weighted by atomic mass is 9.93. The molecule has 0 saturated carbocycles. The molecule has 0 amide bonds. The van der Waals surface area contributed by atoms with Crippen LogP contribution in [0, 0.1) is 5.92 Å². The zero-order valence-corrected chi connectivity index (χ0v) is 11.2. The van der Waals surface area contributed by atoms with Crippen LogP contribution in [0.1, 0.15) is 25.3 Å². The van der Waals surface area contributed by atoms with Crippen LogP contribution in [-0.4, -0.2) is 24.0 Å². The molecule has 1 saturated heterocycles. The highest BCUT2D eigenvalue weighted by Crippen LogP contribution is 2.25. The first-order valence-corrected chi connectivity index (χ1v) is 6.76. The first-order valence-electron chi connectivity index (χ1n) is 6.38. The molecule has 2 N–H and O–H groups in total. The average Bonchev–Trinajstić information content (AvgIpc) is 2.35. The highest BCUT2D eigenvalue weighted by molar-refractivity contribution is 6.31. The summed E-state index contributed by atoms with van der Waals surface area (Å²) in [6.45, 7) is 5.13. The summed E-state index contributed by atoms with van der Waals surface area (Å²) < 4.78 is 0. The fourth-order valence-corrected chi connectivity index (χ4v) is 2.72. The van der Waals surface area contributed by atoms with E-state index in [4.69, 9.17) is 17.3 Å². The summed E-state index contributed by atoms with van der Waals surface area (Å²) in [5.74, 6) is 0.647. The number of nitrogens with two attached hydrogens (primary N) is 1. The standard InChI is InChI=1S/C14H21ClN2/c1-11-6-7-12(8-16)9-17(11)10-13-4-2-3-5-14(13)15/h2-5,11-12H,6-10,16H2,1H3. The summed E-state index contributed by atoms with van der Waals surface area (Å²) in [5.41, 5.74) is 7.00. The van der Waals surface area contributed by atoms with E-state index in [1.807, 2.05) is 12.1 Å². The highest BCUT2D eigenvalue weighted by atomic mass is 35.5. The van der Waals surface area contributed by atoms with Gasteiger partial charge in [-0.2, -0.15) is 0 Å². The van der Waals surface area contributed by atoms with Crippen LogP contribution in [0.25, 0.3) is 0 Å². The van der Waals surface area contributed by atoms with Crippen molar-refractivity contribution in [1.82, 2.24) is 4.90 Å². The Hall–Kier alpha value is -0.570. The Morgan fingerprint density at radius 3 is 2.82 bits per heavy atom. The minimum atomic E-state index is 0.633. The van der Waals surface area contributed by atoms with Gasteiger partial charge in [0.25, 0.3) is 0 Å². The first-order chi connectivity index (χ1) is 8.20. The molecule has 1 heterocycles. The molecule has 2 atom stereocenters. The van der Waals surface area contributed by atoms with Gasteiger partial charge in [-0.05, 0) is 43.9 Å². The normalized spacial score (nSPS) is 26.1. The third kappa shape index (κ3) is 3.21. The van der Waals surface area contributed by atoms with Crippen LogP contribution in [0.15, 0.2) is 24.3 Å². The molecule has 0 radical (unpaired) electrons.